The second-order valence-electron chi connectivity index (χ2n) is 8.96. The molecule has 0 fully saturated rings. The first-order valence-corrected chi connectivity index (χ1v) is 15.1. The van der Waals surface area contributed by atoms with Crippen LogP contribution in [0.15, 0.2) is 52.2 Å². The van der Waals surface area contributed by atoms with E-state index in [0.29, 0.717) is 30.1 Å². The monoisotopic (exact) mass is 593 g/mol. The van der Waals surface area contributed by atoms with Crippen LogP contribution < -0.4 is 4.31 Å². The highest BCUT2D eigenvalue weighted by Gasteiger charge is 2.39. The van der Waals surface area contributed by atoms with Gasteiger partial charge in [0, 0.05) is 42.6 Å². The maximum atomic E-state index is 13.3. The number of H-pyrrole nitrogens is 1. The lowest BCUT2D eigenvalue weighted by atomic mass is 10.2. The molecule has 0 unspecified atom stereocenters. The van der Waals surface area contributed by atoms with Gasteiger partial charge in [-0.1, -0.05) is 18.2 Å². The minimum atomic E-state index is -4.53. The SMILES string of the molecule is CCN(c1cccc2cc(-c3ncc(CN4CCn5c(nnc5C(F)(F)F)C4)s3)[nH]c12)S(=O)(=O)c1cccs1. The maximum Gasteiger partial charge on any atom is 0.451 e. The standard InChI is InChI=1S/C24H22F3N7O2S3/c1-2-34(39(35,36)20-7-4-10-37-20)18-6-3-5-15-11-17(29-21(15)18)22-28-12-16(38-22)13-32-8-9-33-19(14-32)30-31-23(33)24(25,26)27/h3-7,10-12,29H,2,8-9,13-14H2,1H3. The number of anilines is 1. The Morgan fingerprint density at radius 2 is 2.00 bits per heavy atom. The minimum Gasteiger partial charge on any atom is -0.351 e. The van der Waals surface area contributed by atoms with Crippen molar-refractivity contribution in [2.24, 2.45) is 0 Å². The summed E-state index contributed by atoms with van der Waals surface area (Å²) in [6.45, 7) is 3.44. The van der Waals surface area contributed by atoms with Gasteiger partial charge < -0.3 is 9.55 Å². The lowest BCUT2D eigenvalue weighted by Crippen LogP contribution is -2.34. The molecule has 0 saturated carbocycles. The molecule has 1 aliphatic rings. The number of thiophene rings is 1. The van der Waals surface area contributed by atoms with E-state index in [2.05, 4.69) is 20.2 Å². The maximum absolute atomic E-state index is 13.3. The van der Waals surface area contributed by atoms with Crippen molar-refractivity contribution in [3.05, 3.63) is 64.5 Å². The number of halogens is 3. The molecule has 0 amide bonds. The molecule has 4 aromatic heterocycles. The lowest BCUT2D eigenvalue weighted by Gasteiger charge is -2.27. The van der Waals surface area contributed by atoms with Gasteiger partial charge in [0.15, 0.2) is 0 Å². The summed E-state index contributed by atoms with van der Waals surface area (Å²) < 4.78 is 68.8. The van der Waals surface area contributed by atoms with Gasteiger partial charge in [0.25, 0.3) is 10.0 Å². The largest absolute Gasteiger partial charge is 0.451 e. The van der Waals surface area contributed by atoms with Crippen LogP contribution in [-0.2, 0) is 35.8 Å². The highest BCUT2D eigenvalue weighted by Crippen LogP contribution is 2.36. The van der Waals surface area contributed by atoms with Crippen LogP contribution in [0.5, 0.6) is 0 Å². The predicted octanol–water partition coefficient (Wildman–Crippen LogP) is 5.19. The number of hydrogen-bond donors (Lipinski definition) is 1. The van der Waals surface area contributed by atoms with Crippen LogP contribution in [-0.4, -0.2) is 51.1 Å². The molecule has 0 radical (unpaired) electrons. The molecule has 1 aromatic carbocycles. The van der Waals surface area contributed by atoms with Crippen LogP contribution >= 0.6 is 22.7 Å². The summed E-state index contributed by atoms with van der Waals surface area (Å²) in [4.78, 5) is 10.9. The van der Waals surface area contributed by atoms with E-state index in [1.54, 1.807) is 36.7 Å². The molecule has 204 valence electrons. The molecule has 15 heteroatoms. The number of thiazole rings is 1. The summed E-state index contributed by atoms with van der Waals surface area (Å²) in [5.74, 6) is -0.667. The summed E-state index contributed by atoms with van der Waals surface area (Å²) in [5, 5.41) is 10.4. The van der Waals surface area contributed by atoms with Crippen molar-refractivity contribution in [1.82, 2.24) is 29.6 Å². The van der Waals surface area contributed by atoms with E-state index >= 15 is 0 Å². The highest BCUT2D eigenvalue weighted by molar-refractivity contribution is 7.94. The molecule has 0 aliphatic carbocycles. The first-order chi connectivity index (χ1) is 18.6. The Morgan fingerprint density at radius 3 is 2.74 bits per heavy atom. The predicted molar refractivity (Wildman–Crippen MR) is 143 cm³/mol. The van der Waals surface area contributed by atoms with Crippen molar-refractivity contribution in [1.29, 1.82) is 0 Å². The number of aromatic amines is 1. The molecule has 0 spiro atoms. The number of nitrogens with zero attached hydrogens (tertiary/aromatic N) is 6. The van der Waals surface area contributed by atoms with E-state index in [1.165, 1.54) is 27.0 Å². The van der Waals surface area contributed by atoms with Crippen LogP contribution in [0.3, 0.4) is 0 Å². The molecule has 6 rings (SSSR count). The lowest BCUT2D eigenvalue weighted by molar-refractivity contribution is -0.148. The van der Waals surface area contributed by atoms with Crippen molar-refractivity contribution < 1.29 is 21.6 Å². The zero-order chi connectivity index (χ0) is 27.4. The Morgan fingerprint density at radius 1 is 1.15 bits per heavy atom. The molecule has 39 heavy (non-hydrogen) atoms. The topological polar surface area (TPSA) is 100 Å². The number of fused-ring (bicyclic) bond motifs is 2. The molecule has 1 N–H and O–H groups in total. The van der Waals surface area contributed by atoms with Gasteiger partial charge in [-0.05, 0) is 30.5 Å². The van der Waals surface area contributed by atoms with Crippen molar-refractivity contribution in [3.8, 4) is 10.7 Å². The number of hydrogen-bond acceptors (Lipinski definition) is 8. The van der Waals surface area contributed by atoms with E-state index in [-0.39, 0.29) is 23.8 Å². The average molecular weight is 594 g/mol. The van der Waals surface area contributed by atoms with Gasteiger partial charge in [-0.2, -0.15) is 13.2 Å². The van der Waals surface area contributed by atoms with Gasteiger partial charge in [-0.3, -0.25) is 9.21 Å². The second kappa shape index (κ2) is 9.73. The zero-order valence-corrected chi connectivity index (χ0v) is 23.0. The van der Waals surface area contributed by atoms with E-state index in [9.17, 15) is 21.6 Å². The quantitative estimate of drug-likeness (QED) is 0.279. The van der Waals surface area contributed by atoms with E-state index < -0.39 is 22.0 Å². The van der Waals surface area contributed by atoms with Crippen LogP contribution in [0.25, 0.3) is 21.6 Å². The summed E-state index contributed by atoms with van der Waals surface area (Å²) in [5.41, 5.74) is 2.01. The minimum absolute atomic E-state index is 0.163. The molecule has 5 aromatic rings. The number of alkyl halides is 3. The van der Waals surface area contributed by atoms with Crippen molar-refractivity contribution in [2.75, 3.05) is 17.4 Å². The van der Waals surface area contributed by atoms with Crippen LogP contribution in [0.1, 0.15) is 23.4 Å². The Kier molecular flexibility index (Phi) is 6.48. The normalized spacial score (nSPS) is 14.7. The molecule has 0 atom stereocenters. The van der Waals surface area contributed by atoms with Crippen molar-refractivity contribution in [2.45, 2.75) is 36.9 Å². The number of benzene rings is 1. The average Bonchev–Trinajstić information content (AvgIpc) is 3.69. The Bertz CT molecular complexity index is 1740. The fourth-order valence-electron chi connectivity index (χ4n) is 4.73. The first kappa shape index (κ1) is 26.0. The fraction of sp³-hybridized carbons (Fsp3) is 0.292. The van der Waals surface area contributed by atoms with Crippen LogP contribution in [0, 0.1) is 0 Å². The van der Waals surface area contributed by atoms with Crippen molar-refractivity contribution >= 4 is 49.3 Å². The molecule has 9 nitrogen and oxygen atoms in total. The molecule has 0 saturated heterocycles. The fourth-order valence-corrected chi connectivity index (χ4v) is 8.25. The smallest absolute Gasteiger partial charge is 0.351 e. The van der Waals surface area contributed by atoms with Gasteiger partial charge in [0.2, 0.25) is 5.82 Å². The number of rotatable bonds is 7. The first-order valence-electron chi connectivity index (χ1n) is 12.0. The number of para-hydroxylation sites is 1. The van der Waals surface area contributed by atoms with Gasteiger partial charge >= 0.3 is 6.18 Å². The number of aromatic nitrogens is 5. The molecule has 0 bridgehead atoms. The van der Waals surface area contributed by atoms with Crippen LogP contribution in [0.4, 0.5) is 18.9 Å². The van der Waals surface area contributed by atoms with Gasteiger partial charge in [0.1, 0.15) is 15.0 Å². The second-order valence-corrected chi connectivity index (χ2v) is 13.1. The molecule has 1 aliphatic heterocycles. The van der Waals surface area contributed by atoms with Crippen molar-refractivity contribution in [3.63, 3.8) is 0 Å². The third-order valence-corrected chi connectivity index (χ3v) is 10.8. The zero-order valence-electron chi connectivity index (χ0n) is 20.5. The van der Waals surface area contributed by atoms with E-state index in [1.807, 2.05) is 23.1 Å². The highest BCUT2D eigenvalue weighted by atomic mass is 32.2. The summed E-state index contributed by atoms with van der Waals surface area (Å²) in [6, 6.07) is 10.8. The number of nitrogens with one attached hydrogen (secondary N) is 1. The van der Waals surface area contributed by atoms with E-state index in [0.717, 1.165) is 25.5 Å². The number of sulfonamides is 1. The molecular formula is C24H22F3N7O2S3. The Balaban J connectivity index is 1.24. The van der Waals surface area contributed by atoms with Gasteiger partial charge in [-0.25, -0.2) is 13.4 Å². The molecule has 5 heterocycles. The summed E-state index contributed by atoms with van der Waals surface area (Å²) >= 11 is 2.65. The summed E-state index contributed by atoms with van der Waals surface area (Å²) in [7, 11) is -3.71. The molecular weight excluding hydrogens is 572 g/mol. The third-order valence-electron chi connectivity index (χ3n) is 6.48. The van der Waals surface area contributed by atoms with Crippen LogP contribution in [0.2, 0.25) is 0 Å². The van der Waals surface area contributed by atoms with E-state index in [4.69, 9.17) is 0 Å². The Labute approximate surface area is 229 Å². The van der Waals surface area contributed by atoms with Gasteiger partial charge in [0.05, 0.1) is 23.4 Å². The summed E-state index contributed by atoms with van der Waals surface area (Å²) in [6.07, 6.45) is -2.77. The third kappa shape index (κ3) is 4.73. The Hall–Kier alpha value is -3.27. The van der Waals surface area contributed by atoms with Gasteiger partial charge in [-0.15, -0.1) is 32.9 Å².